The molecule has 2 aliphatic heterocycles. The van der Waals surface area contributed by atoms with Gasteiger partial charge in [0, 0.05) is 31.5 Å². The third-order valence-corrected chi connectivity index (χ3v) is 6.18. The highest BCUT2D eigenvalue weighted by atomic mass is 16.3. The van der Waals surface area contributed by atoms with Gasteiger partial charge in [0.05, 0.1) is 31.2 Å². The van der Waals surface area contributed by atoms with E-state index in [0.29, 0.717) is 13.0 Å². The number of fused-ring (bicyclic) bond motifs is 2. The van der Waals surface area contributed by atoms with E-state index in [4.69, 9.17) is 4.42 Å². The molecule has 0 atom stereocenters. The van der Waals surface area contributed by atoms with Crippen LogP contribution in [0.1, 0.15) is 36.3 Å². The van der Waals surface area contributed by atoms with Gasteiger partial charge in [0.25, 0.3) is 0 Å². The van der Waals surface area contributed by atoms with Crippen LogP contribution >= 0.6 is 0 Å². The molecule has 1 spiro atoms. The molecule has 150 valence electrons. The van der Waals surface area contributed by atoms with Crippen LogP contribution in [0.25, 0.3) is 0 Å². The van der Waals surface area contributed by atoms with Crippen molar-refractivity contribution in [2.24, 2.45) is 0 Å². The zero-order valence-electron chi connectivity index (χ0n) is 16.6. The van der Waals surface area contributed by atoms with Crippen LogP contribution < -0.4 is 4.90 Å². The van der Waals surface area contributed by atoms with Gasteiger partial charge in [-0.2, -0.15) is 5.10 Å². The summed E-state index contributed by atoms with van der Waals surface area (Å²) in [4.78, 5) is 21.5. The van der Waals surface area contributed by atoms with Crippen LogP contribution in [0, 0.1) is 6.92 Å². The molecule has 0 radical (unpaired) electrons. The van der Waals surface area contributed by atoms with Gasteiger partial charge in [-0.25, -0.2) is 4.68 Å². The highest BCUT2D eigenvalue weighted by Crippen LogP contribution is 2.41. The van der Waals surface area contributed by atoms with Crippen molar-refractivity contribution in [3.8, 4) is 0 Å². The molecule has 0 saturated carbocycles. The Balaban J connectivity index is 1.34. The maximum absolute atomic E-state index is 13.1. The number of aryl methyl sites for hydroxylation is 1. The minimum absolute atomic E-state index is 0.171. The number of hydrogen-bond donors (Lipinski definition) is 0. The third-order valence-electron chi connectivity index (χ3n) is 6.18. The molecule has 1 fully saturated rings. The summed E-state index contributed by atoms with van der Waals surface area (Å²) in [5, 5.41) is 4.65. The number of pyridine rings is 1. The Bertz CT molecular complexity index is 1000. The first-order valence-electron chi connectivity index (χ1n) is 10.1. The number of nitrogens with zero attached hydrogens (tertiary/aromatic N) is 5. The van der Waals surface area contributed by atoms with Crippen molar-refractivity contribution < 1.29 is 9.21 Å². The molecule has 3 aromatic heterocycles. The summed E-state index contributed by atoms with van der Waals surface area (Å²) in [7, 11) is 0. The second kappa shape index (κ2) is 7.15. The van der Waals surface area contributed by atoms with Gasteiger partial charge in [-0.1, -0.05) is 0 Å². The topological polar surface area (TPSA) is 67.4 Å². The first-order valence-corrected chi connectivity index (χ1v) is 10.1. The molecule has 0 N–H and O–H groups in total. The fraction of sp³-hybridized carbons (Fsp3) is 0.409. The van der Waals surface area contributed by atoms with E-state index < -0.39 is 0 Å². The van der Waals surface area contributed by atoms with Crippen LogP contribution in [0.5, 0.6) is 0 Å². The number of anilines is 1. The summed E-state index contributed by atoms with van der Waals surface area (Å²) in [5.74, 6) is 3.02. The van der Waals surface area contributed by atoms with Gasteiger partial charge in [0.1, 0.15) is 17.3 Å². The zero-order chi connectivity index (χ0) is 19.8. The molecule has 29 heavy (non-hydrogen) atoms. The summed E-state index contributed by atoms with van der Waals surface area (Å²) in [6, 6.07) is 9.92. The van der Waals surface area contributed by atoms with Gasteiger partial charge in [-0.15, -0.1) is 0 Å². The van der Waals surface area contributed by atoms with Crippen molar-refractivity contribution in [3.05, 3.63) is 66.0 Å². The molecule has 7 heteroatoms. The molecular weight excluding hydrogens is 366 g/mol. The standard InChI is InChI=1S/C22H25N5O2/c1-17-2-3-19(29-17)16-25-12-7-22(8-13-25)14-21(28)26(20-6-11-24-27(20)22)15-18-4-9-23-10-5-18/h2-6,9-11H,7-8,12-16H2,1H3. The smallest absolute Gasteiger partial charge is 0.230 e. The lowest BCUT2D eigenvalue weighted by Crippen LogP contribution is -2.53. The van der Waals surface area contributed by atoms with E-state index in [9.17, 15) is 4.79 Å². The number of carbonyl (C=O) groups is 1. The van der Waals surface area contributed by atoms with E-state index in [2.05, 4.69) is 19.7 Å². The Kier molecular flexibility index (Phi) is 4.47. The monoisotopic (exact) mass is 391 g/mol. The Morgan fingerprint density at radius 2 is 1.83 bits per heavy atom. The number of hydrogen-bond acceptors (Lipinski definition) is 5. The molecule has 5 heterocycles. The Morgan fingerprint density at radius 1 is 1.03 bits per heavy atom. The lowest BCUT2D eigenvalue weighted by Gasteiger charge is -2.46. The molecule has 5 rings (SSSR count). The lowest BCUT2D eigenvalue weighted by atomic mass is 9.82. The van der Waals surface area contributed by atoms with Crippen LogP contribution in [0.3, 0.4) is 0 Å². The van der Waals surface area contributed by atoms with E-state index in [-0.39, 0.29) is 11.4 Å². The minimum atomic E-state index is -0.222. The first kappa shape index (κ1) is 18.1. The van der Waals surface area contributed by atoms with Crippen LogP contribution in [-0.2, 0) is 23.4 Å². The summed E-state index contributed by atoms with van der Waals surface area (Å²) >= 11 is 0. The van der Waals surface area contributed by atoms with Crippen molar-refractivity contribution in [3.63, 3.8) is 0 Å². The predicted molar refractivity (Wildman–Crippen MR) is 108 cm³/mol. The van der Waals surface area contributed by atoms with Crippen molar-refractivity contribution in [1.29, 1.82) is 0 Å². The molecular formula is C22H25N5O2. The minimum Gasteiger partial charge on any atom is -0.465 e. The summed E-state index contributed by atoms with van der Waals surface area (Å²) < 4.78 is 7.83. The number of carbonyl (C=O) groups excluding carboxylic acids is 1. The van der Waals surface area contributed by atoms with E-state index in [1.807, 2.05) is 48.4 Å². The molecule has 1 amide bonds. The van der Waals surface area contributed by atoms with Gasteiger partial charge >= 0.3 is 0 Å². The van der Waals surface area contributed by atoms with Crippen LogP contribution in [-0.4, -0.2) is 38.7 Å². The second-order valence-electron chi connectivity index (χ2n) is 8.13. The van der Waals surface area contributed by atoms with Gasteiger partial charge < -0.3 is 4.42 Å². The quantitative estimate of drug-likeness (QED) is 0.684. The normalized spacial score (nSPS) is 18.9. The molecule has 0 aromatic carbocycles. The average Bonchev–Trinajstić information content (AvgIpc) is 3.38. The maximum atomic E-state index is 13.1. The summed E-state index contributed by atoms with van der Waals surface area (Å²) in [6.45, 7) is 5.19. The molecule has 2 aliphatic rings. The van der Waals surface area contributed by atoms with Gasteiger partial charge in [-0.05, 0) is 49.6 Å². The number of piperidine rings is 1. The van der Waals surface area contributed by atoms with E-state index >= 15 is 0 Å². The fourth-order valence-corrected chi connectivity index (χ4v) is 4.59. The molecule has 1 saturated heterocycles. The Labute approximate surface area is 169 Å². The number of likely N-dealkylation sites (tertiary alicyclic amines) is 1. The van der Waals surface area contributed by atoms with Gasteiger partial charge in [0.15, 0.2) is 0 Å². The number of rotatable bonds is 4. The Morgan fingerprint density at radius 3 is 2.55 bits per heavy atom. The molecule has 7 nitrogen and oxygen atoms in total. The maximum Gasteiger partial charge on any atom is 0.230 e. The highest BCUT2D eigenvalue weighted by molar-refractivity contribution is 5.94. The lowest BCUT2D eigenvalue weighted by molar-refractivity contribution is -0.123. The molecule has 3 aromatic rings. The van der Waals surface area contributed by atoms with E-state index in [0.717, 1.165) is 55.4 Å². The summed E-state index contributed by atoms with van der Waals surface area (Å²) in [5.41, 5.74) is 0.848. The first-order chi connectivity index (χ1) is 14.1. The van der Waals surface area contributed by atoms with Crippen molar-refractivity contribution >= 4 is 11.7 Å². The average molecular weight is 391 g/mol. The predicted octanol–water partition coefficient (Wildman–Crippen LogP) is 3.11. The molecule has 0 aliphatic carbocycles. The third kappa shape index (κ3) is 3.35. The van der Waals surface area contributed by atoms with Crippen LogP contribution in [0.4, 0.5) is 5.82 Å². The second-order valence-corrected chi connectivity index (χ2v) is 8.13. The van der Waals surface area contributed by atoms with Crippen LogP contribution in [0.15, 0.2) is 53.3 Å². The van der Waals surface area contributed by atoms with Crippen LogP contribution in [0.2, 0.25) is 0 Å². The van der Waals surface area contributed by atoms with E-state index in [1.165, 1.54) is 0 Å². The Hall–Kier alpha value is -2.93. The highest BCUT2D eigenvalue weighted by Gasteiger charge is 2.45. The summed E-state index contributed by atoms with van der Waals surface area (Å²) in [6.07, 6.45) is 7.66. The fourth-order valence-electron chi connectivity index (χ4n) is 4.59. The zero-order valence-corrected chi connectivity index (χ0v) is 16.6. The van der Waals surface area contributed by atoms with Gasteiger partial charge in [-0.3, -0.25) is 19.6 Å². The van der Waals surface area contributed by atoms with E-state index in [1.54, 1.807) is 12.4 Å². The largest absolute Gasteiger partial charge is 0.465 e. The molecule has 0 unspecified atom stereocenters. The number of aromatic nitrogens is 3. The molecule has 0 bridgehead atoms. The van der Waals surface area contributed by atoms with Gasteiger partial charge in [0.2, 0.25) is 5.91 Å². The number of amides is 1. The van der Waals surface area contributed by atoms with Crippen molar-refractivity contribution in [1.82, 2.24) is 19.7 Å². The van der Waals surface area contributed by atoms with Crippen molar-refractivity contribution in [2.75, 3.05) is 18.0 Å². The number of furan rings is 1. The SMILES string of the molecule is Cc1ccc(CN2CCC3(CC2)CC(=O)N(Cc2ccncc2)c2ccnn23)o1. The van der Waals surface area contributed by atoms with Crippen molar-refractivity contribution in [2.45, 2.75) is 44.8 Å².